The third-order valence-electron chi connectivity index (χ3n) is 4.58. The number of amides is 2. The van der Waals surface area contributed by atoms with Crippen molar-refractivity contribution < 1.29 is 9.59 Å². The molecule has 4 aliphatic rings. The van der Waals surface area contributed by atoms with Gasteiger partial charge in [0.1, 0.15) is 0 Å². The summed E-state index contributed by atoms with van der Waals surface area (Å²) < 4.78 is 0. The number of allylic oxidation sites excluding steroid dienone is 2. The number of nitrogens with zero attached hydrogens (tertiary/aromatic N) is 2. The lowest BCUT2D eigenvalue weighted by Gasteiger charge is -2.37. The zero-order valence-electron chi connectivity index (χ0n) is 10.8. The van der Waals surface area contributed by atoms with Gasteiger partial charge in [-0.15, -0.1) is 11.3 Å². The van der Waals surface area contributed by atoms with Gasteiger partial charge in [0.25, 0.3) is 11.8 Å². The van der Waals surface area contributed by atoms with Crippen molar-refractivity contribution in [3.05, 3.63) is 34.5 Å². The Morgan fingerprint density at radius 2 is 1.80 bits per heavy atom. The molecule has 4 atom stereocenters. The molecule has 2 fully saturated rings. The van der Waals surface area contributed by atoms with Crippen LogP contribution in [0.3, 0.4) is 0 Å². The molecule has 0 radical (unpaired) electrons. The minimum atomic E-state index is -0.174. The van der Waals surface area contributed by atoms with Gasteiger partial charge in [0.15, 0.2) is 0 Å². The molecule has 3 aliphatic carbocycles. The Kier molecular flexibility index (Phi) is 2.63. The summed E-state index contributed by atoms with van der Waals surface area (Å²) in [7, 11) is 0. The number of imide groups is 1. The van der Waals surface area contributed by atoms with Gasteiger partial charge in [-0.2, -0.15) is 10.1 Å². The number of thiophene rings is 1. The molecule has 20 heavy (non-hydrogen) atoms. The first-order valence-electron chi connectivity index (χ1n) is 6.89. The second kappa shape index (κ2) is 4.38. The van der Waals surface area contributed by atoms with Crippen molar-refractivity contribution in [1.29, 1.82) is 0 Å². The number of fused-ring (bicyclic) bond motifs is 1. The van der Waals surface area contributed by atoms with Crippen molar-refractivity contribution in [3.8, 4) is 0 Å². The zero-order chi connectivity index (χ0) is 13.7. The Balaban J connectivity index is 1.64. The highest BCUT2D eigenvalue weighted by molar-refractivity contribution is 7.11. The molecule has 1 saturated heterocycles. The molecular weight excluding hydrogens is 272 g/mol. The Bertz CT molecular complexity index is 588. The van der Waals surface area contributed by atoms with Crippen molar-refractivity contribution >= 4 is 29.4 Å². The lowest BCUT2D eigenvalue weighted by molar-refractivity contribution is -0.140. The highest BCUT2D eigenvalue weighted by atomic mass is 32.1. The van der Waals surface area contributed by atoms with Crippen LogP contribution in [0, 0.1) is 23.7 Å². The fourth-order valence-electron chi connectivity index (χ4n) is 3.65. The highest BCUT2D eigenvalue weighted by Gasteiger charge is 2.56. The van der Waals surface area contributed by atoms with E-state index in [1.54, 1.807) is 6.21 Å². The van der Waals surface area contributed by atoms with Crippen LogP contribution in [-0.2, 0) is 9.59 Å². The predicted molar refractivity (Wildman–Crippen MR) is 76.1 cm³/mol. The lowest BCUT2D eigenvalue weighted by Crippen LogP contribution is -2.38. The van der Waals surface area contributed by atoms with Crippen LogP contribution in [0.2, 0.25) is 0 Å². The van der Waals surface area contributed by atoms with E-state index in [9.17, 15) is 9.59 Å². The van der Waals surface area contributed by atoms with Gasteiger partial charge in [-0.05, 0) is 36.1 Å². The summed E-state index contributed by atoms with van der Waals surface area (Å²) in [5, 5.41) is 7.19. The molecule has 102 valence electrons. The Labute approximate surface area is 120 Å². The average molecular weight is 286 g/mol. The monoisotopic (exact) mass is 286 g/mol. The molecule has 1 aromatic heterocycles. The summed E-state index contributed by atoms with van der Waals surface area (Å²) >= 11 is 1.54. The lowest BCUT2D eigenvalue weighted by atomic mass is 9.63. The maximum absolute atomic E-state index is 12.5. The number of carbonyl (C=O) groups excluding carboxylic acids is 2. The molecule has 5 heteroatoms. The SMILES string of the molecule is O=C1[C@@H]2[C@H](C(=O)N1/N=C\c1cccs1)[C@H]1C=C[C@H]2CC1. The van der Waals surface area contributed by atoms with Gasteiger partial charge in [0.2, 0.25) is 0 Å². The molecule has 2 amide bonds. The molecule has 0 spiro atoms. The van der Waals surface area contributed by atoms with E-state index in [-0.39, 0.29) is 35.5 Å². The Morgan fingerprint density at radius 3 is 2.30 bits per heavy atom. The second-order valence-corrected chi connectivity index (χ2v) is 6.57. The summed E-state index contributed by atoms with van der Waals surface area (Å²) in [6, 6.07) is 3.83. The first-order valence-corrected chi connectivity index (χ1v) is 7.77. The molecule has 1 aliphatic heterocycles. The molecule has 0 aromatic carbocycles. The van der Waals surface area contributed by atoms with E-state index in [0.29, 0.717) is 0 Å². The number of hydrogen-bond acceptors (Lipinski definition) is 4. The van der Waals surface area contributed by atoms with Gasteiger partial charge in [-0.1, -0.05) is 18.2 Å². The van der Waals surface area contributed by atoms with E-state index in [0.717, 1.165) is 22.7 Å². The summed E-state index contributed by atoms with van der Waals surface area (Å²) in [5.41, 5.74) is 0. The quantitative estimate of drug-likeness (QED) is 0.476. The van der Waals surface area contributed by atoms with Crippen LogP contribution in [0.15, 0.2) is 34.8 Å². The van der Waals surface area contributed by atoms with Crippen molar-refractivity contribution in [1.82, 2.24) is 5.01 Å². The number of carbonyl (C=O) groups is 2. The van der Waals surface area contributed by atoms with Crippen LogP contribution in [0.25, 0.3) is 0 Å². The largest absolute Gasteiger partial charge is 0.272 e. The van der Waals surface area contributed by atoms with Crippen LogP contribution in [0.1, 0.15) is 17.7 Å². The topological polar surface area (TPSA) is 49.7 Å². The first kappa shape index (κ1) is 12.0. The molecule has 4 nitrogen and oxygen atoms in total. The molecule has 0 unspecified atom stereocenters. The molecule has 5 rings (SSSR count). The number of hydrogen-bond donors (Lipinski definition) is 0. The molecule has 2 heterocycles. The first-order chi connectivity index (χ1) is 9.75. The fourth-order valence-corrected chi connectivity index (χ4v) is 4.23. The van der Waals surface area contributed by atoms with Crippen molar-refractivity contribution in [2.75, 3.05) is 0 Å². The van der Waals surface area contributed by atoms with Crippen molar-refractivity contribution in [2.24, 2.45) is 28.8 Å². The standard InChI is InChI=1S/C15H14N2O2S/c18-14-12-9-3-4-10(6-5-9)13(12)15(19)17(14)16-8-11-2-1-7-20-11/h1-4,7-10,12-13H,5-6H2/b16-8-/t9-,10-,12-,13+/m0/s1. The van der Waals surface area contributed by atoms with Crippen LogP contribution >= 0.6 is 11.3 Å². The van der Waals surface area contributed by atoms with Crippen LogP contribution < -0.4 is 0 Å². The van der Waals surface area contributed by atoms with E-state index < -0.39 is 0 Å². The maximum atomic E-state index is 12.5. The maximum Gasteiger partial charge on any atom is 0.254 e. The molecular formula is C15H14N2O2S. The van der Waals surface area contributed by atoms with E-state index >= 15 is 0 Å². The summed E-state index contributed by atoms with van der Waals surface area (Å²) in [6.07, 6.45) is 7.88. The van der Waals surface area contributed by atoms with E-state index in [1.807, 2.05) is 17.5 Å². The fraction of sp³-hybridized carbons (Fsp3) is 0.400. The third kappa shape index (κ3) is 1.62. The second-order valence-electron chi connectivity index (χ2n) is 5.59. The van der Waals surface area contributed by atoms with Gasteiger partial charge in [0.05, 0.1) is 18.1 Å². The molecule has 0 N–H and O–H groups in total. The van der Waals surface area contributed by atoms with Gasteiger partial charge in [-0.25, -0.2) is 0 Å². The van der Waals surface area contributed by atoms with Gasteiger partial charge in [-0.3, -0.25) is 9.59 Å². The smallest absolute Gasteiger partial charge is 0.254 e. The molecule has 1 aromatic rings. The van der Waals surface area contributed by atoms with E-state index in [4.69, 9.17) is 0 Å². The van der Waals surface area contributed by atoms with Gasteiger partial charge in [0, 0.05) is 4.88 Å². The molecule has 2 bridgehead atoms. The minimum Gasteiger partial charge on any atom is -0.272 e. The van der Waals surface area contributed by atoms with Crippen molar-refractivity contribution in [3.63, 3.8) is 0 Å². The van der Waals surface area contributed by atoms with Gasteiger partial charge < -0.3 is 0 Å². The summed E-state index contributed by atoms with van der Waals surface area (Å²) in [4.78, 5) is 25.9. The van der Waals surface area contributed by atoms with Crippen molar-refractivity contribution in [2.45, 2.75) is 12.8 Å². The number of hydrazone groups is 1. The predicted octanol–water partition coefficient (Wildman–Crippen LogP) is 2.28. The third-order valence-corrected chi connectivity index (χ3v) is 5.39. The molecule has 1 saturated carbocycles. The van der Waals surface area contributed by atoms with Crippen LogP contribution in [0.4, 0.5) is 0 Å². The summed E-state index contributed by atoms with van der Waals surface area (Å²) in [5.74, 6) is -0.135. The van der Waals surface area contributed by atoms with Crippen LogP contribution in [-0.4, -0.2) is 23.0 Å². The van der Waals surface area contributed by atoms with E-state index in [2.05, 4.69) is 17.3 Å². The average Bonchev–Trinajstić information content (AvgIpc) is 3.08. The highest BCUT2D eigenvalue weighted by Crippen LogP contribution is 2.49. The Hall–Kier alpha value is -1.75. The zero-order valence-corrected chi connectivity index (χ0v) is 11.6. The normalized spacial score (nSPS) is 35.3. The van der Waals surface area contributed by atoms with Gasteiger partial charge >= 0.3 is 0 Å². The summed E-state index contributed by atoms with van der Waals surface area (Å²) in [6.45, 7) is 0. The van der Waals surface area contributed by atoms with E-state index in [1.165, 1.54) is 11.3 Å². The number of rotatable bonds is 2. The Morgan fingerprint density at radius 1 is 1.15 bits per heavy atom. The van der Waals surface area contributed by atoms with Crippen LogP contribution in [0.5, 0.6) is 0 Å². The minimum absolute atomic E-state index is 0.119.